The monoisotopic (exact) mass is 278 g/mol. The van der Waals surface area contributed by atoms with E-state index in [0.717, 1.165) is 0 Å². The lowest BCUT2D eigenvalue weighted by Gasteiger charge is -2.14. The third kappa shape index (κ3) is 3.79. The summed E-state index contributed by atoms with van der Waals surface area (Å²) in [4.78, 5) is 12.3. The van der Waals surface area contributed by atoms with Crippen LogP contribution in [0.2, 0.25) is 0 Å². The molecule has 2 rings (SSSR count). The molecule has 0 aliphatic carbocycles. The van der Waals surface area contributed by atoms with Gasteiger partial charge in [0.2, 0.25) is 11.9 Å². The van der Waals surface area contributed by atoms with Crippen molar-refractivity contribution in [3.8, 4) is 6.01 Å². The number of nitrogens with zero attached hydrogens (tertiary/aromatic N) is 5. The lowest BCUT2D eigenvalue weighted by atomic mass is 10.3. The molecule has 9 heteroatoms. The third-order valence-electron chi connectivity index (χ3n) is 2.41. The Balaban J connectivity index is 2.05. The molecule has 2 heterocycles. The van der Waals surface area contributed by atoms with Crippen molar-refractivity contribution in [2.75, 3.05) is 17.3 Å². The van der Waals surface area contributed by atoms with Crippen molar-refractivity contribution in [1.82, 2.24) is 24.7 Å². The van der Waals surface area contributed by atoms with Crippen molar-refractivity contribution < 1.29 is 4.74 Å². The van der Waals surface area contributed by atoms with E-state index in [1.165, 1.54) is 0 Å². The van der Waals surface area contributed by atoms with Gasteiger partial charge in [0.25, 0.3) is 0 Å². The number of anilines is 2. The molecule has 20 heavy (non-hydrogen) atoms. The fourth-order valence-corrected chi connectivity index (χ4v) is 1.63. The van der Waals surface area contributed by atoms with Gasteiger partial charge in [-0.05, 0) is 19.9 Å². The number of rotatable bonds is 7. The Morgan fingerprint density at radius 3 is 2.80 bits per heavy atom. The summed E-state index contributed by atoms with van der Waals surface area (Å²) < 4.78 is 7.08. The number of aromatic nitrogens is 5. The zero-order valence-electron chi connectivity index (χ0n) is 11.4. The molecule has 0 aliphatic heterocycles. The van der Waals surface area contributed by atoms with Gasteiger partial charge in [-0.1, -0.05) is 0 Å². The Morgan fingerprint density at radius 1 is 1.35 bits per heavy atom. The van der Waals surface area contributed by atoms with Gasteiger partial charge in [0.15, 0.2) is 0 Å². The average Bonchev–Trinajstić information content (AvgIpc) is 2.91. The summed E-state index contributed by atoms with van der Waals surface area (Å²) in [6.07, 6.45) is 3.63. The Bertz CT molecular complexity index is 529. The van der Waals surface area contributed by atoms with Gasteiger partial charge in [0, 0.05) is 18.4 Å². The molecular weight excluding hydrogens is 260 g/mol. The molecule has 0 saturated carbocycles. The van der Waals surface area contributed by atoms with Crippen LogP contribution in [-0.2, 0) is 6.54 Å². The number of hydrazine groups is 1. The van der Waals surface area contributed by atoms with Gasteiger partial charge in [-0.15, -0.1) is 0 Å². The van der Waals surface area contributed by atoms with E-state index >= 15 is 0 Å². The van der Waals surface area contributed by atoms with E-state index in [2.05, 4.69) is 30.8 Å². The van der Waals surface area contributed by atoms with Crippen LogP contribution in [0.4, 0.5) is 11.9 Å². The minimum atomic E-state index is 0.0809. The topological polar surface area (TPSA) is 116 Å². The number of hydrogen-bond acceptors (Lipinski definition) is 8. The van der Waals surface area contributed by atoms with E-state index in [4.69, 9.17) is 10.6 Å². The number of nitrogens with two attached hydrogens (primary N) is 1. The van der Waals surface area contributed by atoms with E-state index in [0.29, 0.717) is 19.1 Å². The maximum absolute atomic E-state index is 5.32. The van der Waals surface area contributed by atoms with Crippen molar-refractivity contribution in [3.05, 3.63) is 18.5 Å². The van der Waals surface area contributed by atoms with Gasteiger partial charge >= 0.3 is 6.01 Å². The fourth-order valence-electron chi connectivity index (χ4n) is 1.63. The first-order valence-electron chi connectivity index (χ1n) is 6.30. The highest BCUT2D eigenvalue weighted by Gasteiger charge is 2.10. The molecule has 0 spiro atoms. The predicted molar refractivity (Wildman–Crippen MR) is 74.1 cm³/mol. The van der Waals surface area contributed by atoms with Gasteiger partial charge in [-0.25, -0.2) is 5.84 Å². The van der Waals surface area contributed by atoms with E-state index in [1.54, 1.807) is 6.20 Å². The highest BCUT2D eigenvalue weighted by atomic mass is 16.5. The highest BCUT2D eigenvalue weighted by Crippen LogP contribution is 2.11. The molecule has 0 aliphatic rings. The molecule has 2 aromatic rings. The first-order valence-corrected chi connectivity index (χ1v) is 6.30. The number of hydrogen-bond donors (Lipinski definition) is 3. The SMILES string of the molecule is CCOc1nc(NN)nc(NC(C)Cn2cccn2)n1. The minimum Gasteiger partial charge on any atom is -0.464 e. The molecule has 0 fully saturated rings. The van der Waals surface area contributed by atoms with Crippen LogP contribution in [0.1, 0.15) is 13.8 Å². The summed E-state index contributed by atoms with van der Waals surface area (Å²) in [5.41, 5.74) is 2.39. The summed E-state index contributed by atoms with van der Waals surface area (Å²) in [6, 6.07) is 2.18. The summed E-state index contributed by atoms with van der Waals surface area (Å²) in [7, 11) is 0. The van der Waals surface area contributed by atoms with Crippen LogP contribution in [0, 0.1) is 0 Å². The van der Waals surface area contributed by atoms with Gasteiger partial charge < -0.3 is 10.1 Å². The van der Waals surface area contributed by atoms with Crippen LogP contribution in [0.3, 0.4) is 0 Å². The molecular formula is C11H18N8O. The predicted octanol–water partition coefficient (Wildman–Crippen LogP) is 0.253. The van der Waals surface area contributed by atoms with Crippen molar-refractivity contribution >= 4 is 11.9 Å². The number of nitrogen functional groups attached to an aromatic ring is 1. The summed E-state index contributed by atoms with van der Waals surface area (Å²) >= 11 is 0. The summed E-state index contributed by atoms with van der Waals surface area (Å²) in [5, 5.41) is 7.30. The van der Waals surface area contributed by atoms with Crippen LogP contribution in [0.15, 0.2) is 18.5 Å². The van der Waals surface area contributed by atoms with Gasteiger partial charge in [0.1, 0.15) is 0 Å². The highest BCUT2D eigenvalue weighted by molar-refractivity contribution is 5.35. The molecule has 1 atom stereocenters. The van der Waals surface area contributed by atoms with Crippen LogP contribution in [0.25, 0.3) is 0 Å². The lowest BCUT2D eigenvalue weighted by molar-refractivity contribution is 0.312. The first kappa shape index (κ1) is 14.0. The summed E-state index contributed by atoms with van der Waals surface area (Å²) in [5.74, 6) is 5.97. The zero-order chi connectivity index (χ0) is 14.4. The molecule has 0 radical (unpaired) electrons. The standard InChI is InChI=1S/C11H18N8O/c1-3-20-11-16-9(15-10(17-11)18-12)14-8(2)7-19-6-4-5-13-19/h4-6,8H,3,7,12H2,1-2H3,(H2,14,15,16,17,18). The normalized spacial score (nSPS) is 11.9. The molecule has 108 valence electrons. The molecule has 0 amide bonds. The zero-order valence-corrected chi connectivity index (χ0v) is 11.4. The van der Waals surface area contributed by atoms with Gasteiger partial charge in [-0.2, -0.15) is 20.1 Å². The van der Waals surface area contributed by atoms with E-state index in [9.17, 15) is 0 Å². The van der Waals surface area contributed by atoms with Gasteiger partial charge in [-0.3, -0.25) is 10.1 Å². The minimum absolute atomic E-state index is 0.0809. The van der Waals surface area contributed by atoms with E-state index < -0.39 is 0 Å². The molecule has 1 unspecified atom stereocenters. The number of ether oxygens (including phenoxy) is 1. The van der Waals surface area contributed by atoms with Gasteiger partial charge in [0.05, 0.1) is 13.2 Å². The molecule has 0 bridgehead atoms. The fraction of sp³-hybridized carbons (Fsp3) is 0.455. The Morgan fingerprint density at radius 2 is 2.15 bits per heavy atom. The van der Waals surface area contributed by atoms with Crippen molar-refractivity contribution in [1.29, 1.82) is 0 Å². The van der Waals surface area contributed by atoms with E-state index in [1.807, 2.05) is 30.8 Å². The molecule has 4 N–H and O–H groups in total. The van der Waals surface area contributed by atoms with E-state index in [-0.39, 0.29) is 18.0 Å². The maximum atomic E-state index is 5.32. The van der Waals surface area contributed by atoms with Crippen molar-refractivity contribution in [3.63, 3.8) is 0 Å². The van der Waals surface area contributed by atoms with Crippen LogP contribution >= 0.6 is 0 Å². The number of nitrogens with one attached hydrogen (secondary N) is 2. The smallest absolute Gasteiger partial charge is 0.323 e. The van der Waals surface area contributed by atoms with Crippen LogP contribution < -0.4 is 21.3 Å². The lowest BCUT2D eigenvalue weighted by Crippen LogP contribution is -2.24. The largest absolute Gasteiger partial charge is 0.464 e. The second-order valence-electron chi connectivity index (χ2n) is 4.12. The second-order valence-corrected chi connectivity index (χ2v) is 4.12. The summed E-state index contributed by atoms with van der Waals surface area (Å²) in [6.45, 7) is 5.01. The Labute approximate surface area is 116 Å². The molecule has 2 aromatic heterocycles. The van der Waals surface area contributed by atoms with Crippen molar-refractivity contribution in [2.45, 2.75) is 26.4 Å². The van der Waals surface area contributed by atoms with Crippen LogP contribution in [-0.4, -0.2) is 37.4 Å². The average molecular weight is 278 g/mol. The maximum Gasteiger partial charge on any atom is 0.323 e. The van der Waals surface area contributed by atoms with Crippen molar-refractivity contribution in [2.24, 2.45) is 5.84 Å². The Kier molecular flexibility index (Phi) is 4.66. The Hall–Kier alpha value is -2.42. The molecule has 0 saturated heterocycles. The first-order chi connectivity index (χ1) is 9.71. The third-order valence-corrected chi connectivity index (χ3v) is 2.41. The molecule has 9 nitrogen and oxygen atoms in total. The van der Waals surface area contributed by atoms with Crippen LogP contribution in [0.5, 0.6) is 6.01 Å². The quantitative estimate of drug-likeness (QED) is 0.487. The second kappa shape index (κ2) is 6.66. The molecule has 0 aromatic carbocycles.